The molecule has 6 nitrogen and oxygen atoms in total. The molecule has 1 heterocycles. The van der Waals surface area contributed by atoms with Crippen LogP contribution in [0, 0.1) is 13.8 Å². The van der Waals surface area contributed by atoms with E-state index in [1.54, 1.807) is 24.3 Å². The first-order valence-electron chi connectivity index (χ1n) is 6.31. The molecule has 0 aliphatic rings. The fraction of sp³-hybridized carbons (Fsp3) is 0.133. The average Bonchev–Trinajstić information content (AvgIpc) is 2.90. The molecule has 2 rings (SSSR count). The topological polar surface area (TPSA) is 83.7 Å². The van der Waals surface area contributed by atoms with Crippen LogP contribution in [0.1, 0.15) is 16.9 Å². The van der Waals surface area contributed by atoms with Gasteiger partial charge in [0.25, 0.3) is 0 Å². The number of nitrogens with zero attached hydrogens (tertiary/aromatic N) is 1. The number of hydrogen-bond donors (Lipinski definition) is 2. The van der Waals surface area contributed by atoms with E-state index >= 15 is 0 Å². The van der Waals surface area contributed by atoms with Gasteiger partial charge in [0, 0.05) is 5.69 Å². The summed E-state index contributed by atoms with van der Waals surface area (Å²) in [7, 11) is 0. The molecular formula is C15H15N3O3. The maximum atomic E-state index is 11.7. The number of hydrogen-bond acceptors (Lipinski definition) is 4. The fourth-order valence-electron chi connectivity index (χ4n) is 1.80. The second kappa shape index (κ2) is 6.51. The van der Waals surface area contributed by atoms with Crippen molar-refractivity contribution >= 4 is 23.7 Å². The maximum Gasteiger partial charge on any atom is 0.329 e. The molecule has 0 radical (unpaired) electrons. The van der Waals surface area contributed by atoms with Gasteiger partial charge in [-0.15, -0.1) is 0 Å². The van der Waals surface area contributed by atoms with Gasteiger partial charge in [0.05, 0.1) is 12.5 Å². The summed E-state index contributed by atoms with van der Waals surface area (Å²) < 4.78 is 5.00. The summed E-state index contributed by atoms with van der Waals surface area (Å²) in [4.78, 5) is 23.3. The van der Waals surface area contributed by atoms with Crippen molar-refractivity contribution in [3.8, 4) is 0 Å². The van der Waals surface area contributed by atoms with Crippen molar-refractivity contribution in [3.05, 3.63) is 53.5 Å². The van der Waals surface area contributed by atoms with Gasteiger partial charge >= 0.3 is 11.8 Å². The van der Waals surface area contributed by atoms with Crippen molar-refractivity contribution in [3.63, 3.8) is 0 Å². The Balaban J connectivity index is 1.92. The molecule has 0 aliphatic carbocycles. The van der Waals surface area contributed by atoms with Gasteiger partial charge in [0.1, 0.15) is 5.76 Å². The second-order valence-electron chi connectivity index (χ2n) is 4.55. The minimum Gasteiger partial charge on any atom is -0.463 e. The van der Waals surface area contributed by atoms with Gasteiger partial charge in [-0.05, 0) is 49.2 Å². The number of anilines is 1. The van der Waals surface area contributed by atoms with E-state index in [0.717, 1.165) is 11.1 Å². The molecule has 0 fully saturated rings. The number of hydrazone groups is 1. The van der Waals surface area contributed by atoms with Gasteiger partial charge in [0.2, 0.25) is 0 Å². The monoisotopic (exact) mass is 285 g/mol. The minimum atomic E-state index is -0.850. The van der Waals surface area contributed by atoms with Gasteiger partial charge in [-0.25, -0.2) is 5.43 Å². The highest BCUT2D eigenvalue weighted by Gasteiger charge is 2.13. The van der Waals surface area contributed by atoms with Crippen LogP contribution < -0.4 is 10.7 Å². The summed E-state index contributed by atoms with van der Waals surface area (Å²) in [5.74, 6) is -1.15. The number of carbonyl (C=O) groups is 2. The summed E-state index contributed by atoms with van der Waals surface area (Å²) in [6.07, 6.45) is 2.79. The molecule has 0 aliphatic heterocycles. The van der Waals surface area contributed by atoms with E-state index in [1.165, 1.54) is 12.5 Å². The Bertz CT molecular complexity index is 655. The zero-order valence-corrected chi connectivity index (χ0v) is 11.7. The van der Waals surface area contributed by atoms with E-state index in [9.17, 15) is 9.59 Å². The lowest BCUT2D eigenvalue weighted by Gasteiger charge is -2.06. The summed E-state index contributed by atoms with van der Waals surface area (Å²) in [6.45, 7) is 3.83. The van der Waals surface area contributed by atoms with E-state index in [-0.39, 0.29) is 0 Å². The first kappa shape index (κ1) is 14.5. The van der Waals surface area contributed by atoms with Crippen LogP contribution >= 0.6 is 0 Å². The standard InChI is InChI=1S/C15H15N3O3/c1-10-6-11(2)8-12(7-10)17-14(19)15(20)18-16-9-13-4-3-5-21-13/h3-9H,1-2H3,(H,17,19)(H,18,20). The minimum absolute atomic E-state index is 0.477. The quantitative estimate of drug-likeness (QED) is 0.514. The number of aryl methyl sites for hydroxylation is 2. The first-order valence-corrected chi connectivity index (χ1v) is 6.31. The maximum absolute atomic E-state index is 11.7. The van der Waals surface area contributed by atoms with Crippen LogP contribution in [0.25, 0.3) is 0 Å². The molecule has 0 atom stereocenters. The lowest BCUT2D eigenvalue weighted by atomic mass is 10.1. The van der Waals surface area contributed by atoms with E-state index < -0.39 is 11.8 Å². The van der Waals surface area contributed by atoms with Gasteiger partial charge in [0.15, 0.2) is 0 Å². The molecule has 2 amide bonds. The van der Waals surface area contributed by atoms with Crippen molar-refractivity contribution < 1.29 is 14.0 Å². The Labute approximate surface area is 121 Å². The van der Waals surface area contributed by atoms with E-state index in [0.29, 0.717) is 11.4 Å². The number of amides is 2. The van der Waals surface area contributed by atoms with Crippen LogP contribution in [-0.4, -0.2) is 18.0 Å². The number of nitrogens with one attached hydrogen (secondary N) is 2. The van der Waals surface area contributed by atoms with Crippen LogP contribution in [-0.2, 0) is 9.59 Å². The van der Waals surface area contributed by atoms with Crippen LogP contribution in [0.3, 0.4) is 0 Å². The molecule has 108 valence electrons. The first-order chi connectivity index (χ1) is 10.0. The highest BCUT2D eigenvalue weighted by atomic mass is 16.3. The van der Waals surface area contributed by atoms with Crippen LogP contribution in [0.2, 0.25) is 0 Å². The molecule has 0 spiro atoms. The SMILES string of the molecule is Cc1cc(C)cc(NC(=O)C(=O)NN=Cc2ccco2)c1. The number of benzene rings is 1. The largest absolute Gasteiger partial charge is 0.463 e. The van der Waals surface area contributed by atoms with Gasteiger partial charge in [-0.2, -0.15) is 5.10 Å². The van der Waals surface area contributed by atoms with Crippen molar-refractivity contribution in [2.24, 2.45) is 5.10 Å². The van der Waals surface area contributed by atoms with Crippen LogP contribution in [0.5, 0.6) is 0 Å². The lowest BCUT2D eigenvalue weighted by Crippen LogP contribution is -2.32. The molecule has 6 heteroatoms. The third kappa shape index (κ3) is 4.31. The molecule has 0 saturated heterocycles. The van der Waals surface area contributed by atoms with Crippen molar-refractivity contribution in [2.45, 2.75) is 13.8 Å². The highest BCUT2D eigenvalue weighted by molar-refractivity contribution is 6.39. The summed E-state index contributed by atoms with van der Waals surface area (Å²) in [5, 5.41) is 6.15. The Hall–Kier alpha value is -2.89. The molecule has 1 aromatic heterocycles. The molecule has 0 saturated carbocycles. The smallest absolute Gasteiger partial charge is 0.329 e. The van der Waals surface area contributed by atoms with Crippen molar-refractivity contribution in [1.29, 1.82) is 0 Å². The Morgan fingerprint density at radius 2 is 1.86 bits per heavy atom. The molecule has 0 bridgehead atoms. The number of furan rings is 1. The van der Waals surface area contributed by atoms with E-state index in [2.05, 4.69) is 15.8 Å². The number of rotatable bonds is 3. The highest BCUT2D eigenvalue weighted by Crippen LogP contribution is 2.13. The Morgan fingerprint density at radius 3 is 2.48 bits per heavy atom. The Kier molecular flexibility index (Phi) is 4.50. The van der Waals surface area contributed by atoms with Crippen molar-refractivity contribution in [2.75, 3.05) is 5.32 Å². The van der Waals surface area contributed by atoms with E-state index in [4.69, 9.17) is 4.42 Å². The second-order valence-corrected chi connectivity index (χ2v) is 4.55. The summed E-state index contributed by atoms with van der Waals surface area (Å²) in [6, 6.07) is 8.90. The molecule has 0 unspecified atom stereocenters. The van der Waals surface area contributed by atoms with Crippen LogP contribution in [0.15, 0.2) is 46.1 Å². The average molecular weight is 285 g/mol. The third-order valence-corrected chi connectivity index (χ3v) is 2.59. The molecular weight excluding hydrogens is 270 g/mol. The fourth-order valence-corrected chi connectivity index (χ4v) is 1.80. The molecule has 2 N–H and O–H groups in total. The predicted octanol–water partition coefficient (Wildman–Crippen LogP) is 1.99. The van der Waals surface area contributed by atoms with Crippen molar-refractivity contribution in [1.82, 2.24) is 5.43 Å². The zero-order chi connectivity index (χ0) is 15.2. The third-order valence-electron chi connectivity index (χ3n) is 2.59. The molecule has 21 heavy (non-hydrogen) atoms. The molecule has 2 aromatic rings. The van der Waals surface area contributed by atoms with Crippen LogP contribution in [0.4, 0.5) is 5.69 Å². The normalized spacial score (nSPS) is 10.6. The van der Waals surface area contributed by atoms with E-state index in [1.807, 2.05) is 19.9 Å². The van der Waals surface area contributed by atoms with Gasteiger partial charge < -0.3 is 9.73 Å². The lowest BCUT2D eigenvalue weighted by molar-refractivity contribution is -0.136. The zero-order valence-electron chi connectivity index (χ0n) is 11.7. The summed E-state index contributed by atoms with van der Waals surface area (Å²) >= 11 is 0. The molecule has 1 aromatic carbocycles. The predicted molar refractivity (Wildman–Crippen MR) is 79.0 cm³/mol. The summed E-state index contributed by atoms with van der Waals surface area (Å²) in [5.41, 5.74) is 4.70. The number of carbonyl (C=O) groups excluding carboxylic acids is 2. The van der Waals surface area contributed by atoms with Gasteiger partial charge in [-0.1, -0.05) is 6.07 Å². The van der Waals surface area contributed by atoms with Gasteiger partial charge in [-0.3, -0.25) is 9.59 Å². The Morgan fingerprint density at radius 1 is 1.14 bits per heavy atom.